The van der Waals surface area contributed by atoms with Crippen LogP contribution in [0.15, 0.2) is 54.7 Å². The molecule has 0 saturated heterocycles. The second kappa shape index (κ2) is 7.84. The monoisotopic (exact) mass is 352 g/mol. The Labute approximate surface area is 150 Å². The Morgan fingerprint density at radius 1 is 1.12 bits per heavy atom. The van der Waals surface area contributed by atoms with E-state index in [9.17, 15) is 9.59 Å². The number of ketones is 1. The smallest absolute Gasteiger partial charge is 0.340 e. The first-order valence-corrected chi connectivity index (χ1v) is 8.37. The molecule has 6 nitrogen and oxygen atoms in total. The van der Waals surface area contributed by atoms with Gasteiger partial charge in [0, 0.05) is 34.9 Å². The number of carbonyl (C=O) groups excluding carboxylic acids is 2. The maximum absolute atomic E-state index is 12.7. The number of hydrogen-bond donors (Lipinski definition) is 3. The lowest BCUT2D eigenvalue weighted by atomic mass is 10.1. The van der Waals surface area contributed by atoms with E-state index in [0.29, 0.717) is 23.4 Å². The van der Waals surface area contributed by atoms with Gasteiger partial charge in [-0.1, -0.05) is 30.3 Å². The van der Waals surface area contributed by atoms with Gasteiger partial charge >= 0.3 is 5.97 Å². The molecule has 0 fully saturated rings. The Morgan fingerprint density at radius 2 is 1.85 bits per heavy atom. The van der Waals surface area contributed by atoms with Crippen molar-refractivity contribution < 1.29 is 19.4 Å². The molecule has 1 aromatic heterocycles. The molecule has 26 heavy (non-hydrogen) atoms. The van der Waals surface area contributed by atoms with Crippen molar-refractivity contribution in [3.8, 4) is 0 Å². The topological polar surface area (TPSA) is 91.4 Å². The minimum absolute atomic E-state index is 0.0567. The van der Waals surface area contributed by atoms with E-state index in [1.165, 1.54) is 0 Å². The number of aliphatic hydroxyl groups is 1. The third-order valence-corrected chi connectivity index (χ3v) is 4.08. The summed E-state index contributed by atoms with van der Waals surface area (Å²) in [5.41, 5.74) is 2.22. The third-order valence-electron chi connectivity index (χ3n) is 4.08. The fourth-order valence-corrected chi connectivity index (χ4v) is 2.78. The number of carbonyl (C=O) groups is 2. The fraction of sp³-hybridized carbons (Fsp3) is 0.200. The number of esters is 1. The highest BCUT2D eigenvalue weighted by molar-refractivity contribution is 6.10. The van der Waals surface area contributed by atoms with E-state index in [0.717, 1.165) is 10.9 Å². The zero-order valence-corrected chi connectivity index (χ0v) is 14.4. The largest absolute Gasteiger partial charge is 0.451 e. The van der Waals surface area contributed by atoms with Gasteiger partial charge in [0.05, 0.1) is 12.2 Å². The van der Waals surface area contributed by atoms with Gasteiger partial charge in [-0.2, -0.15) is 0 Å². The number of Topliss-reactive ketones (excluding diaryl/α,β-unsaturated/α-hetero) is 1. The highest BCUT2D eigenvalue weighted by atomic mass is 16.5. The van der Waals surface area contributed by atoms with Crippen LogP contribution in [0, 0.1) is 0 Å². The molecule has 0 aliphatic heterocycles. The highest BCUT2D eigenvalue weighted by Crippen LogP contribution is 2.21. The minimum Gasteiger partial charge on any atom is -0.451 e. The van der Waals surface area contributed by atoms with E-state index >= 15 is 0 Å². The lowest BCUT2D eigenvalue weighted by Crippen LogP contribution is -2.25. The van der Waals surface area contributed by atoms with Crippen LogP contribution in [-0.2, 0) is 4.74 Å². The molecule has 0 unspecified atom stereocenters. The maximum atomic E-state index is 12.7. The van der Waals surface area contributed by atoms with Crippen LogP contribution in [0.5, 0.6) is 0 Å². The third kappa shape index (κ3) is 3.60. The number of benzene rings is 2. The van der Waals surface area contributed by atoms with Gasteiger partial charge in [-0.05, 0) is 25.1 Å². The molecule has 134 valence electrons. The first-order valence-electron chi connectivity index (χ1n) is 8.37. The normalized spacial score (nSPS) is 11.9. The number of H-pyrrole nitrogens is 1. The van der Waals surface area contributed by atoms with Gasteiger partial charge in [0.2, 0.25) is 5.78 Å². The summed E-state index contributed by atoms with van der Waals surface area (Å²) < 4.78 is 5.39. The zero-order valence-electron chi connectivity index (χ0n) is 14.4. The number of fused-ring (bicyclic) bond motifs is 1. The molecule has 0 amide bonds. The van der Waals surface area contributed by atoms with Gasteiger partial charge in [0.15, 0.2) is 6.10 Å². The first kappa shape index (κ1) is 17.7. The second-order valence-corrected chi connectivity index (χ2v) is 5.86. The van der Waals surface area contributed by atoms with Gasteiger partial charge in [0.1, 0.15) is 0 Å². The van der Waals surface area contributed by atoms with Crippen LogP contribution in [0.4, 0.5) is 5.69 Å². The molecule has 0 bridgehead atoms. The minimum atomic E-state index is -0.924. The van der Waals surface area contributed by atoms with Crippen molar-refractivity contribution in [1.29, 1.82) is 0 Å². The molecule has 1 heterocycles. The molecule has 1 atom stereocenters. The lowest BCUT2D eigenvalue weighted by molar-refractivity contribution is 0.0320. The Balaban J connectivity index is 1.76. The Morgan fingerprint density at radius 3 is 2.65 bits per heavy atom. The van der Waals surface area contributed by atoms with E-state index in [-0.39, 0.29) is 12.4 Å². The van der Waals surface area contributed by atoms with Gasteiger partial charge in [-0.15, -0.1) is 0 Å². The van der Waals surface area contributed by atoms with Crippen molar-refractivity contribution in [2.24, 2.45) is 0 Å². The van der Waals surface area contributed by atoms with E-state index in [2.05, 4.69) is 10.3 Å². The number of para-hydroxylation sites is 2. The SMILES string of the molecule is C[C@@H](OC(=O)c1ccccc1NCCO)C(=O)c1c[nH]c2ccccc12. The number of ether oxygens (including phenoxy) is 1. The van der Waals surface area contributed by atoms with Crippen LogP contribution in [0.3, 0.4) is 0 Å². The molecule has 0 aliphatic carbocycles. The molecule has 2 aromatic carbocycles. The zero-order chi connectivity index (χ0) is 18.5. The summed E-state index contributed by atoms with van der Waals surface area (Å²) in [5, 5.41) is 12.7. The number of aromatic nitrogens is 1. The lowest BCUT2D eigenvalue weighted by Gasteiger charge is -2.14. The number of aromatic amines is 1. The number of anilines is 1. The van der Waals surface area contributed by atoms with Gasteiger partial charge in [-0.3, -0.25) is 4.79 Å². The average molecular weight is 352 g/mol. The number of rotatable bonds is 7. The van der Waals surface area contributed by atoms with Gasteiger partial charge in [-0.25, -0.2) is 4.79 Å². The predicted molar refractivity (Wildman–Crippen MR) is 99.5 cm³/mol. The van der Waals surface area contributed by atoms with Crippen LogP contribution in [0.25, 0.3) is 10.9 Å². The van der Waals surface area contributed by atoms with Crippen LogP contribution < -0.4 is 5.32 Å². The fourth-order valence-electron chi connectivity index (χ4n) is 2.78. The molecule has 0 aliphatic rings. The van der Waals surface area contributed by atoms with Crippen LogP contribution in [0.2, 0.25) is 0 Å². The molecular formula is C20H20N2O4. The quantitative estimate of drug-likeness (QED) is 0.449. The molecule has 0 radical (unpaired) electrons. The number of nitrogens with one attached hydrogen (secondary N) is 2. The van der Waals surface area contributed by atoms with Crippen LogP contribution in [0.1, 0.15) is 27.6 Å². The molecule has 3 rings (SSSR count). The van der Waals surface area contributed by atoms with Crippen molar-refractivity contribution in [2.75, 3.05) is 18.5 Å². The molecule has 0 spiro atoms. The number of aliphatic hydroxyl groups excluding tert-OH is 1. The summed E-state index contributed by atoms with van der Waals surface area (Å²) in [6.45, 7) is 1.82. The first-order chi connectivity index (χ1) is 12.6. The van der Waals surface area contributed by atoms with Gasteiger partial charge in [0.25, 0.3) is 0 Å². The molecule has 6 heteroatoms. The molecule has 3 aromatic rings. The summed E-state index contributed by atoms with van der Waals surface area (Å²) in [7, 11) is 0. The Bertz CT molecular complexity index is 932. The van der Waals surface area contributed by atoms with Crippen molar-refractivity contribution in [1.82, 2.24) is 4.98 Å². The van der Waals surface area contributed by atoms with Crippen molar-refractivity contribution in [3.63, 3.8) is 0 Å². The number of hydrogen-bond acceptors (Lipinski definition) is 5. The van der Waals surface area contributed by atoms with Gasteiger partial charge < -0.3 is 20.1 Å². The van der Waals surface area contributed by atoms with Crippen molar-refractivity contribution >= 4 is 28.3 Å². The highest BCUT2D eigenvalue weighted by Gasteiger charge is 2.23. The predicted octanol–water partition coefficient (Wildman–Crippen LogP) is 3.00. The summed E-state index contributed by atoms with van der Waals surface area (Å²) in [5.74, 6) is -0.858. The van der Waals surface area contributed by atoms with Crippen molar-refractivity contribution in [2.45, 2.75) is 13.0 Å². The second-order valence-electron chi connectivity index (χ2n) is 5.86. The summed E-state index contributed by atoms with van der Waals surface area (Å²) in [6, 6.07) is 14.3. The van der Waals surface area contributed by atoms with Crippen LogP contribution >= 0.6 is 0 Å². The maximum Gasteiger partial charge on any atom is 0.340 e. The van der Waals surface area contributed by atoms with E-state index in [4.69, 9.17) is 9.84 Å². The summed E-state index contributed by atoms with van der Waals surface area (Å²) in [4.78, 5) is 28.2. The Kier molecular flexibility index (Phi) is 5.34. The van der Waals surface area contributed by atoms with Crippen LogP contribution in [-0.4, -0.2) is 41.1 Å². The molecule has 0 saturated carbocycles. The van der Waals surface area contributed by atoms with E-state index in [1.54, 1.807) is 37.4 Å². The average Bonchev–Trinajstić information content (AvgIpc) is 3.10. The summed E-state index contributed by atoms with van der Waals surface area (Å²) >= 11 is 0. The molecule has 3 N–H and O–H groups in total. The van der Waals surface area contributed by atoms with E-state index in [1.807, 2.05) is 24.3 Å². The van der Waals surface area contributed by atoms with Crippen molar-refractivity contribution in [3.05, 3.63) is 65.9 Å². The van der Waals surface area contributed by atoms with E-state index < -0.39 is 12.1 Å². The standard InChI is InChI=1S/C20H20N2O4/c1-13(19(24)16-12-22-17-8-4-2-6-14(16)17)26-20(25)15-7-3-5-9-18(15)21-10-11-23/h2-9,12-13,21-23H,10-11H2,1H3/t13-/m1/s1. The summed E-state index contributed by atoms with van der Waals surface area (Å²) in [6.07, 6.45) is 0.710. The molecular weight excluding hydrogens is 332 g/mol. The Hall–Kier alpha value is -3.12.